The van der Waals surface area contributed by atoms with Gasteiger partial charge in [-0.1, -0.05) is 12.1 Å². The Bertz CT molecular complexity index is 832. The van der Waals surface area contributed by atoms with Gasteiger partial charge in [-0.3, -0.25) is 0 Å². The number of anilines is 2. The summed E-state index contributed by atoms with van der Waals surface area (Å²) in [5, 5.41) is 12.4. The van der Waals surface area contributed by atoms with E-state index in [-0.39, 0.29) is 17.2 Å². The number of aromatic nitrogens is 2. The third kappa shape index (κ3) is 3.14. The highest BCUT2D eigenvalue weighted by atomic mass is 19.1. The molecule has 6 nitrogen and oxygen atoms in total. The molecular formula is C18H19FN4O2. The van der Waals surface area contributed by atoms with E-state index in [1.165, 1.54) is 18.7 Å². The lowest BCUT2D eigenvalue weighted by Crippen LogP contribution is -2.25. The van der Waals surface area contributed by atoms with Gasteiger partial charge in [0.05, 0.1) is 0 Å². The van der Waals surface area contributed by atoms with E-state index in [0.717, 1.165) is 30.5 Å². The normalized spacial score (nSPS) is 21.1. The molecule has 1 aromatic carbocycles. The average molecular weight is 342 g/mol. The zero-order chi connectivity index (χ0) is 17.6. The number of piperidine rings is 1. The van der Waals surface area contributed by atoms with Gasteiger partial charge in [-0.05, 0) is 42.4 Å². The van der Waals surface area contributed by atoms with Gasteiger partial charge in [0.15, 0.2) is 0 Å². The predicted octanol–water partition coefficient (Wildman–Crippen LogP) is 2.69. The first-order valence-corrected chi connectivity index (χ1v) is 8.35. The number of aromatic carboxylic acids is 1. The highest BCUT2D eigenvalue weighted by Crippen LogP contribution is 2.45. The van der Waals surface area contributed by atoms with Crippen LogP contribution in [0.25, 0.3) is 0 Å². The Labute approximate surface area is 144 Å². The smallest absolute Gasteiger partial charge is 0.341 e. The molecule has 25 heavy (non-hydrogen) atoms. The molecule has 2 atom stereocenters. The Morgan fingerprint density at radius 3 is 2.84 bits per heavy atom. The number of nitrogens with zero attached hydrogens (tertiary/aromatic N) is 3. The van der Waals surface area contributed by atoms with E-state index in [0.29, 0.717) is 18.1 Å². The summed E-state index contributed by atoms with van der Waals surface area (Å²) in [6.07, 6.45) is 2.61. The molecule has 2 N–H and O–H groups in total. The van der Waals surface area contributed by atoms with Crippen LogP contribution in [0.5, 0.6) is 0 Å². The number of fused-ring (bicyclic) bond motifs is 1. The quantitative estimate of drug-likeness (QED) is 0.870. The maximum absolute atomic E-state index is 13.7. The van der Waals surface area contributed by atoms with Crippen LogP contribution in [0, 0.1) is 24.6 Å². The molecule has 0 bridgehead atoms. The fourth-order valence-corrected chi connectivity index (χ4v) is 3.31. The van der Waals surface area contributed by atoms with Crippen LogP contribution in [0.3, 0.4) is 0 Å². The van der Waals surface area contributed by atoms with E-state index in [2.05, 4.69) is 20.2 Å². The molecule has 130 valence electrons. The summed E-state index contributed by atoms with van der Waals surface area (Å²) in [5.41, 5.74) is 1.31. The molecule has 1 aromatic heterocycles. The van der Waals surface area contributed by atoms with Gasteiger partial charge in [-0.25, -0.2) is 14.2 Å². The Hall–Kier alpha value is -2.70. The Morgan fingerprint density at radius 1 is 1.40 bits per heavy atom. The number of carboxylic acids is 1. The number of aryl methyl sites for hydroxylation is 1. The van der Waals surface area contributed by atoms with Crippen LogP contribution in [-0.2, 0) is 6.54 Å². The molecule has 2 fully saturated rings. The van der Waals surface area contributed by atoms with E-state index in [1.807, 2.05) is 6.07 Å². The minimum absolute atomic E-state index is 0.0145. The summed E-state index contributed by atoms with van der Waals surface area (Å²) >= 11 is 0. The second-order valence-electron chi connectivity index (χ2n) is 6.84. The Balaban J connectivity index is 1.55. The zero-order valence-electron chi connectivity index (χ0n) is 13.9. The van der Waals surface area contributed by atoms with Crippen LogP contribution >= 0.6 is 0 Å². The number of benzene rings is 1. The summed E-state index contributed by atoms with van der Waals surface area (Å²) < 4.78 is 13.7. The minimum atomic E-state index is -1.09. The first-order valence-electron chi connectivity index (χ1n) is 8.35. The summed E-state index contributed by atoms with van der Waals surface area (Å²) in [6.45, 7) is 3.85. The van der Waals surface area contributed by atoms with Crippen LogP contribution in [-0.4, -0.2) is 34.1 Å². The first-order chi connectivity index (χ1) is 12.0. The summed E-state index contributed by atoms with van der Waals surface area (Å²) in [4.78, 5) is 22.2. The monoisotopic (exact) mass is 342 g/mol. The van der Waals surface area contributed by atoms with Gasteiger partial charge in [0.25, 0.3) is 0 Å². The summed E-state index contributed by atoms with van der Waals surface area (Å²) in [6, 6.07) is 4.95. The Kier molecular flexibility index (Phi) is 3.78. The van der Waals surface area contributed by atoms with Crippen LogP contribution < -0.4 is 10.2 Å². The van der Waals surface area contributed by atoms with Crippen molar-refractivity contribution < 1.29 is 14.3 Å². The zero-order valence-corrected chi connectivity index (χ0v) is 13.9. The second-order valence-corrected chi connectivity index (χ2v) is 6.84. The number of halogens is 1. The van der Waals surface area contributed by atoms with Crippen molar-refractivity contribution >= 4 is 17.7 Å². The van der Waals surface area contributed by atoms with Crippen molar-refractivity contribution in [1.29, 1.82) is 0 Å². The van der Waals surface area contributed by atoms with Gasteiger partial charge in [0, 0.05) is 25.8 Å². The molecule has 0 amide bonds. The summed E-state index contributed by atoms with van der Waals surface area (Å²) in [7, 11) is 0. The average Bonchev–Trinajstić information content (AvgIpc) is 3.21. The van der Waals surface area contributed by atoms with Gasteiger partial charge < -0.3 is 15.3 Å². The van der Waals surface area contributed by atoms with Crippen molar-refractivity contribution in [1.82, 2.24) is 9.97 Å². The molecule has 4 rings (SSSR count). The van der Waals surface area contributed by atoms with Crippen molar-refractivity contribution in [2.75, 3.05) is 23.3 Å². The van der Waals surface area contributed by atoms with Gasteiger partial charge in [0.1, 0.15) is 17.2 Å². The molecule has 1 saturated heterocycles. The fourth-order valence-electron chi connectivity index (χ4n) is 3.31. The lowest BCUT2D eigenvalue weighted by atomic mass is 10.1. The van der Waals surface area contributed by atoms with E-state index >= 15 is 0 Å². The van der Waals surface area contributed by atoms with Crippen molar-refractivity contribution in [3.05, 3.63) is 46.9 Å². The van der Waals surface area contributed by atoms with Crippen molar-refractivity contribution in [3.8, 4) is 0 Å². The topological polar surface area (TPSA) is 78.4 Å². The van der Waals surface area contributed by atoms with Crippen molar-refractivity contribution in [2.24, 2.45) is 11.8 Å². The van der Waals surface area contributed by atoms with E-state index in [1.54, 1.807) is 13.0 Å². The molecule has 0 spiro atoms. The Morgan fingerprint density at radius 2 is 2.16 bits per heavy atom. The lowest BCUT2D eigenvalue weighted by Gasteiger charge is -2.19. The van der Waals surface area contributed by atoms with Crippen LogP contribution in [0.1, 0.15) is 27.9 Å². The number of hydrogen-bond acceptors (Lipinski definition) is 5. The van der Waals surface area contributed by atoms with Gasteiger partial charge in [-0.15, -0.1) is 0 Å². The molecule has 7 heteroatoms. The van der Waals surface area contributed by atoms with Crippen molar-refractivity contribution in [3.63, 3.8) is 0 Å². The molecule has 2 heterocycles. The maximum atomic E-state index is 13.7. The predicted molar refractivity (Wildman–Crippen MR) is 91.3 cm³/mol. The van der Waals surface area contributed by atoms with Gasteiger partial charge >= 0.3 is 5.97 Å². The fraction of sp³-hybridized carbons (Fsp3) is 0.389. The molecule has 2 aromatic rings. The molecule has 1 aliphatic carbocycles. The number of hydrogen-bond donors (Lipinski definition) is 2. The highest BCUT2D eigenvalue weighted by Gasteiger charge is 2.45. The lowest BCUT2D eigenvalue weighted by molar-refractivity contribution is 0.0697. The third-order valence-electron chi connectivity index (χ3n) is 4.96. The molecule has 2 aliphatic rings. The largest absolute Gasteiger partial charge is 0.477 e. The molecular weight excluding hydrogens is 323 g/mol. The van der Waals surface area contributed by atoms with Crippen LogP contribution in [0.2, 0.25) is 0 Å². The van der Waals surface area contributed by atoms with Gasteiger partial charge in [-0.2, -0.15) is 4.98 Å². The number of carbonyl (C=O) groups is 1. The van der Waals surface area contributed by atoms with E-state index in [4.69, 9.17) is 0 Å². The first kappa shape index (κ1) is 15.8. The third-order valence-corrected chi connectivity index (χ3v) is 4.96. The maximum Gasteiger partial charge on any atom is 0.341 e. The van der Waals surface area contributed by atoms with E-state index in [9.17, 15) is 14.3 Å². The SMILES string of the molecule is Cc1ccc(CNc2nc(N3CC4CC4C3)ncc2C(=O)O)cc1F. The molecule has 1 aliphatic heterocycles. The van der Waals surface area contributed by atoms with E-state index < -0.39 is 5.97 Å². The minimum Gasteiger partial charge on any atom is -0.477 e. The van der Waals surface area contributed by atoms with Crippen molar-refractivity contribution in [2.45, 2.75) is 19.9 Å². The van der Waals surface area contributed by atoms with Crippen LogP contribution in [0.15, 0.2) is 24.4 Å². The number of carboxylic acid groups (broad SMARTS) is 1. The molecule has 0 radical (unpaired) electrons. The molecule has 1 saturated carbocycles. The number of nitrogens with one attached hydrogen (secondary N) is 1. The molecule has 2 unspecified atom stereocenters. The summed E-state index contributed by atoms with van der Waals surface area (Å²) in [5.74, 6) is 0.907. The highest BCUT2D eigenvalue weighted by molar-refractivity contribution is 5.92. The second kappa shape index (κ2) is 5.98. The van der Waals surface area contributed by atoms with Gasteiger partial charge in [0.2, 0.25) is 5.95 Å². The van der Waals surface area contributed by atoms with Crippen LogP contribution in [0.4, 0.5) is 16.2 Å². The standard InChI is InChI=1S/C18H19FN4O2/c1-10-2-3-11(4-15(10)19)6-20-16-14(17(24)25)7-21-18(22-16)23-8-12-5-13(12)9-23/h2-4,7,12-13H,5-6,8-9H2,1H3,(H,24,25)(H,20,21,22). The number of rotatable bonds is 5.